The van der Waals surface area contributed by atoms with Crippen LogP contribution in [0, 0.1) is 11.8 Å². The van der Waals surface area contributed by atoms with Crippen molar-refractivity contribution >= 4 is 5.78 Å². The zero-order chi connectivity index (χ0) is 9.97. The van der Waals surface area contributed by atoms with E-state index in [2.05, 4.69) is 30.4 Å². The summed E-state index contributed by atoms with van der Waals surface area (Å²) in [5.74, 6) is 0.864. The summed E-state index contributed by atoms with van der Waals surface area (Å²) < 4.78 is 0. The molecule has 0 bridgehead atoms. The average Bonchev–Trinajstić information content (AvgIpc) is 2.51. The Morgan fingerprint density at radius 2 is 2.29 bits per heavy atom. The standard InChI is InChI=1S/C13H16O/c1-10(14)12-8-4-2-3-6-11-7-5-9-13(11)12/h3-4,6-8,12-13H,2,5,9H2,1H3/b6-3-,8-4-. The van der Waals surface area contributed by atoms with Crippen molar-refractivity contribution in [3.63, 3.8) is 0 Å². The number of carbonyl (C=O) groups excluding carboxylic acids is 1. The average molecular weight is 188 g/mol. The summed E-state index contributed by atoms with van der Waals surface area (Å²) in [5, 5.41) is 0. The first-order chi connectivity index (χ1) is 6.79. The molecular formula is C13H16O. The van der Waals surface area contributed by atoms with Crippen LogP contribution in [-0.2, 0) is 4.79 Å². The molecule has 2 aliphatic carbocycles. The van der Waals surface area contributed by atoms with Crippen LogP contribution in [0.3, 0.4) is 0 Å². The smallest absolute Gasteiger partial charge is 0.137 e. The van der Waals surface area contributed by atoms with Crippen LogP contribution >= 0.6 is 0 Å². The highest BCUT2D eigenvalue weighted by molar-refractivity contribution is 5.81. The molecule has 2 rings (SSSR count). The summed E-state index contributed by atoms with van der Waals surface area (Å²) >= 11 is 0. The minimum absolute atomic E-state index is 0.119. The van der Waals surface area contributed by atoms with Gasteiger partial charge in [-0.2, -0.15) is 0 Å². The van der Waals surface area contributed by atoms with Gasteiger partial charge in [-0.1, -0.05) is 30.4 Å². The second kappa shape index (κ2) is 3.95. The first kappa shape index (κ1) is 9.45. The lowest BCUT2D eigenvalue weighted by molar-refractivity contribution is -0.120. The van der Waals surface area contributed by atoms with Crippen LogP contribution < -0.4 is 0 Å². The van der Waals surface area contributed by atoms with Crippen LogP contribution in [0.25, 0.3) is 0 Å². The molecule has 14 heavy (non-hydrogen) atoms. The fraction of sp³-hybridized carbons (Fsp3) is 0.462. The molecule has 1 heteroatoms. The maximum atomic E-state index is 11.5. The molecule has 0 aromatic heterocycles. The number of carbonyl (C=O) groups is 1. The van der Waals surface area contributed by atoms with Crippen LogP contribution in [0.2, 0.25) is 0 Å². The minimum atomic E-state index is 0.119. The fourth-order valence-corrected chi connectivity index (χ4v) is 2.39. The van der Waals surface area contributed by atoms with Gasteiger partial charge in [0.25, 0.3) is 0 Å². The molecule has 2 atom stereocenters. The van der Waals surface area contributed by atoms with Gasteiger partial charge in [0.2, 0.25) is 0 Å². The Hall–Kier alpha value is -1.11. The van der Waals surface area contributed by atoms with E-state index < -0.39 is 0 Å². The van der Waals surface area contributed by atoms with Crippen molar-refractivity contribution in [3.05, 3.63) is 36.0 Å². The van der Waals surface area contributed by atoms with Gasteiger partial charge in [0.05, 0.1) is 0 Å². The SMILES string of the molecule is CC(=O)C1/C=C\C/C=C\C2=CCCC21. The quantitative estimate of drug-likeness (QED) is 0.578. The molecule has 1 nitrogen and oxygen atoms in total. The molecule has 2 unspecified atom stereocenters. The lowest BCUT2D eigenvalue weighted by Crippen LogP contribution is -2.19. The molecule has 0 saturated carbocycles. The molecule has 74 valence electrons. The molecule has 0 aliphatic heterocycles. The van der Waals surface area contributed by atoms with Gasteiger partial charge in [0.15, 0.2) is 0 Å². The third-order valence-electron chi connectivity index (χ3n) is 3.11. The van der Waals surface area contributed by atoms with Crippen LogP contribution in [-0.4, -0.2) is 5.78 Å². The van der Waals surface area contributed by atoms with E-state index >= 15 is 0 Å². The first-order valence-electron chi connectivity index (χ1n) is 5.33. The van der Waals surface area contributed by atoms with E-state index in [-0.39, 0.29) is 5.92 Å². The fourth-order valence-electron chi connectivity index (χ4n) is 2.39. The molecule has 0 fully saturated rings. The van der Waals surface area contributed by atoms with Crippen molar-refractivity contribution < 1.29 is 4.79 Å². The van der Waals surface area contributed by atoms with Gasteiger partial charge in [-0.05, 0) is 37.7 Å². The van der Waals surface area contributed by atoms with Crippen molar-refractivity contribution in [2.24, 2.45) is 11.8 Å². The lowest BCUT2D eigenvalue weighted by Gasteiger charge is -2.20. The van der Waals surface area contributed by atoms with Gasteiger partial charge in [0.1, 0.15) is 5.78 Å². The summed E-state index contributed by atoms with van der Waals surface area (Å²) in [7, 11) is 0. The largest absolute Gasteiger partial charge is 0.299 e. The number of Topliss-reactive ketones (excluding diaryl/α,β-unsaturated/α-hetero) is 1. The Labute approximate surface area is 85.2 Å². The van der Waals surface area contributed by atoms with E-state index in [0.29, 0.717) is 11.7 Å². The normalized spacial score (nSPS) is 35.1. The van der Waals surface area contributed by atoms with Crippen molar-refractivity contribution in [1.82, 2.24) is 0 Å². The molecule has 0 spiro atoms. The number of allylic oxidation sites excluding steroid dienone is 6. The second-order valence-electron chi connectivity index (χ2n) is 4.09. The Kier molecular flexibility index (Phi) is 2.67. The Balaban J connectivity index is 2.28. The molecule has 2 aliphatic rings. The maximum Gasteiger partial charge on any atom is 0.137 e. The summed E-state index contributed by atoms with van der Waals surface area (Å²) in [6.45, 7) is 1.70. The van der Waals surface area contributed by atoms with Crippen LogP contribution in [0.5, 0.6) is 0 Å². The highest BCUT2D eigenvalue weighted by atomic mass is 16.1. The van der Waals surface area contributed by atoms with Crippen molar-refractivity contribution in [3.8, 4) is 0 Å². The molecule has 0 saturated heterocycles. The number of hydrogen-bond donors (Lipinski definition) is 0. The van der Waals surface area contributed by atoms with Crippen LogP contribution in [0.1, 0.15) is 26.2 Å². The van der Waals surface area contributed by atoms with E-state index in [9.17, 15) is 4.79 Å². The molecule has 0 N–H and O–H groups in total. The molecule has 0 aromatic carbocycles. The van der Waals surface area contributed by atoms with E-state index in [4.69, 9.17) is 0 Å². The predicted molar refractivity (Wildman–Crippen MR) is 57.9 cm³/mol. The van der Waals surface area contributed by atoms with Gasteiger partial charge in [-0.3, -0.25) is 4.79 Å². The summed E-state index contributed by atoms with van der Waals surface area (Å²) in [4.78, 5) is 11.5. The topological polar surface area (TPSA) is 17.1 Å². The van der Waals surface area contributed by atoms with Crippen molar-refractivity contribution in [2.45, 2.75) is 26.2 Å². The summed E-state index contributed by atoms with van der Waals surface area (Å²) in [6.07, 6.45) is 14.1. The highest BCUT2D eigenvalue weighted by Crippen LogP contribution is 2.35. The number of hydrogen-bond acceptors (Lipinski definition) is 1. The van der Waals surface area contributed by atoms with Crippen LogP contribution in [0.4, 0.5) is 0 Å². The molecular weight excluding hydrogens is 172 g/mol. The molecule has 0 heterocycles. The zero-order valence-electron chi connectivity index (χ0n) is 8.57. The molecule has 0 amide bonds. The zero-order valence-corrected chi connectivity index (χ0v) is 8.57. The van der Waals surface area contributed by atoms with Crippen molar-refractivity contribution in [2.75, 3.05) is 0 Å². The molecule has 0 radical (unpaired) electrons. The summed E-state index contributed by atoms with van der Waals surface area (Å²) in [5.41, 5.74) is 1.37. The van der Waals surface area contributed by atoms with E-state index in [1.807, 2.05) is 0 Å². The predicted octanol–water partition coefficient (Wildman–Crippen LogP) is 3.04. The lowest BCUT2D eigenvalue weighted by atomic mass is 9.82. The Bertz CT molecular complexity index is 320. The van der Waals surface area contributed by atoms with Gasteiger partial charge in [-0.25, -0.2) is 0 Å². The molecule has 0 aromatic rings. The maximum absolute atomic E-state index is 11.5. The number of rotatable bonds is 1. The third-order valence-corrected chi connectivity index (χ3v) is 3.11. The van der Waals surface area contributed by atoms with Gasteiger partial charge in [-0.15, -0.1) is 0 Å². The van der Waals surface area contributed by atoms with Gasteiger partial charge >= 0.3 is 0 Å². The summed E-state index contributed by atoms with van der Waals surface area (Å²) in [6, 6.07) is 0. The van der Waals surface area contributed by atoms with Gasteiger partial charge < -0.3 is 0 Å². The monoisotopic (exact) mass is 188 g/mol. The second-order valence-corrected chi connectivity index (χ2v) is 4.09. The van der Waals surface area contributed by atoms with Crippen LogP contribution in [0.15, 0.2) is 36.0 Å². The highest BCUT2D eigenvalue weighted by Gasteiger charge is 2.28. The van der Waals surface area contributed by atoms with Crippen molar-refractivity contribution in [1.29, 1.82) is 0 Å². The van der Waals surface area contributed by atoms with Gasteiger partial charge in [0, 0.05) is 5.92 Å². The number of ketones is 1. The number of fused-ring (bicyclic) bond motifs is 1. The first-order valence-corrected chi connectivity index (χ1v) is 5.33. The van der Waals surface area contributed by atoms with E-state index in [1.165, 1.54) is 5.57 Å². The Morgan fingerprint density at radius 1 is 1.43 bits per heavy atom. The third kappa shape index (κ3) is 1.72. The minimum Gasteiger partial charge on any atom is -0.299 e. The van der Waals surface area contributed by atoms with E-state index in [0.717, 1.165) is 19.3 Å². The van der Waals surface area contributed by atoms with E-state index in [1.54, 1.807) is 6.92 Å². The Morgan fingerprint density at radius 3 is 3.07 bits per heavy atom.